The summed E-state index contributed by atoms with van der Waals surface area (Å²) in [6.45, 7) is 3.77. The minimum absolute atomic E-state index is 0.0413. The summed E-state index contributed by atoms with van der Waals surface area (Å²) in [7, 11) is -3.45. The van der Waals surface area contributed by atoms with Crippen molar-refractivity contribution < 1.29 is 8.42 Å². The molecule has 1 atom stereocenters. The number of aromatic amines is 1. The highest BCUT2D eigenvalue weighted by molar-refractivity contribution is 7.89. The third kappa shape index (κ3) is 3.36. The third-order valence-corrected chi connectivity index (χ3v) is 5.64. The van der Waals surface area contributed by atoms with E-state index in [1.165, 1.54) is 25.5 Å². The first kappa shape index (κ1) is 14.5. The summed E-state index contributed by atoms with van der Waals surface area (Å²) >= 11 is 0. The molecule has 2 N–H and O–H groups in total. The number of nitrogens with zero attached hydrogens (tertiary/aromatic N) is 1. The van der Waals surface area contributed by atoms with Gasteiger partial charge in [0.2, 0.25) is 10.0 Å². The molecule has 5 nitrogen and oxygen atoms in total. The van der Waals surface area contributed by atoms with Gasteiger partial charge in [0, 0.05) is 6.04 Å². The van der Waals surface area contributed by atoms with Crippen molar-refractivity contribution in [3.63, 3.8) is 0 Å². The second-order valence-corrected chi connectivity index (χ2v) is 7.08. The number of hydrogen-bond donors (Lipinski definition) is 2. The molecule has 108 valence electrons. The van der Waals surface area contributed by atoms with Crippen LogP contribution in [0.15, 0.2) is 11.1 Å². The summed E-state index contributed by atoms with van der Waals surface area (Å²) in [5, 5.41) is 6.47. The summed E-state index contributed by atoms with van der Waals surface area (Å²) in [5.74, 6) is 0.473. The molecule has 1 unspecified atom stereocenters. The first-order chi connectivity index (χ1) is 9.04. The van der Waals surface area contributed by atoms with Gasteiger partial charge >= 0.3 is 0 Å². The van der Waals surface area contributed by atoms with E-state index in [2.05, 4.69) is 14.9 Å². The maximum atomic E-state index is 12.4. The molecule has 1 heterocycles. The van der Waals surface area contributed by atoms with Gasteiger partial charge in [-0.1, -0.05) is 26.2 Å². The maximum absolute atomic E-state index is 12.4. The molecule has 0 aliphatic heterocycles. The molecule has 0 aromatic carbocycles. The van der Waals surface area contributed by atoms with Crippen LogP contribution >= 0.6 is 0 Å². The zero-order chi connectivity index (χ0) is 13.9. The van der Waals surface area contributed by atoms with Crippen LogP contribution in [0.3, 0.4) is 0 Å². The normalized spacial score (nSPS) is 19.5. The molecular weight excluding hydrogens is 262 g/mol. The Hall–Kier alpha value is -0.880. The monoisotopic (exact) mass is 285 g/mol. The van der Waals surface area contributed by atoms with Crippen molar-refractivity contribution in [2.24, 2.45) is 5.92 Å². The number of rotatable bonds is 5. The highest BCUT2D eigenvalue weighted by atomic mass is 32.2. The molecule has 1 aromatic rings. The van der Waals surface area contributed by atoms with Crippen LogP contribution in [0.5, 0.6) is 0 Å². The molecule has 0 saturated heterocycles. The molecule has 0 amide bonds. The van der Waals surface area contributed by atoms with Crippen LogP contribution in [0, 0.1) is 12.8 Å². The average Bonchev–Trinajstić information content (AvgIpc) is 2.84. The number of H-pyrrole nitrogens is 1. The van der Waals surface area contributed by atoms with E-state index in [-0.39, 0.29) is 10.9 Å². The lowest BCUT2D eigenvalue weighted by atomic mass is 9.83. The van der Waals surface area contributed by atoms with Gasteiger partial charge in [-0.05, 0) is 32.1 Å². The van der Waals surface area contributed by atoms with Gasteiger partial charge in [0.25, 0.3) is 0 Å². The summed E-state index contributed by atoms with van der Waals surface area (Å²) in [4.78, 5) is 0.266. The lowest BCUT2D eigenvalue weighted by Crippen LogP contribution is -2.40. The van der Waals surface area contributed by atoms with Crippen LogP contribution in [0.1, 0.15) is 51.1 Å². The Balaban J connectivity index is 2.11. The molecule has 1 saturated carbocycles. The summed E-state index contributed by atoms with van der Waals surface area (Å²) in [5.41, 5.74) is 0.589. The highest BCUT2D eigenvalue weighted by Crippen LogP contribution is 2.28. The van der Waals surface area contributed by atoms with Gasteiger partial charge in [0.05, 0.1) is 11.9 Å². The fraction of sp³-hybridized carbons (Fsp3) is 0.769. The van der Waals surface area contributed by atoms with Crippen molar-refractivity contribution >= 4 is 10.0 Å². The van der Waals surface area contributed by atoms with E-state index in [9.17, 15) is 8.42 Å². The molecule has 0 spiro atoms. The molecule has 1 fully saturated rings. The van der Waals surface area contributed by atoms with E-state index in [4.69, 9.17) is 0 Å². The minimum Gasteiger partial charge on any atom is -0.281 e. The number of sulfonamides is 1. The van der Waals surface area contributed by atoms with Crippen molar-refractivity contribution in [3.05, 3.63) is 11.9 Å². The van der Waals surface area contributed by atoms with Gasteiger partial charge in [0.15, 0.2) is 0 Å². The van der Waals surface area contributed by atoms with E-state index in [0.717, 1.165) is 19.3 Å². The zero-order valence-electron chi connectivity index (χ0n) is 11.6. The molecular formula is C13H23N3O2S. The molecule has 0 bridgehead atoms. The van der Waals surface area contributed by atoms with Gasteiger partial charge in [-0.2, -0.15) is 5.10 Å². The lowest BCUT2D eigenvalue weighted by molar-refractivity contribution is 0.285. The van der Waals surface area contributed by atoms with Gasteiger partial charge in [-0.3, -0.25) is 5.10 Å². The fourth-order valence-electron chi connectivity index (χ4n) is 2.92. The first-order valence-electron chi connectivity index (χ1n) is 7.07. The zero-order valence-corrected chi connectivity index (χ0v) is 12.5. The lowest BCUT2D eigenvalue weighted by Gasteiger charge is -2.29. The van der Waals surface area contributed by atoms with Crippen molar-refractivity contribution in [1.82, 2.24) is 14.9 Å². The van der Waals surface area contributed by atoms with Crippen LogP contribution in [-0.4, -0.2) is 24.7 Å². The smallest absolute Gasteiger partial charge is 0.244 e. The summed E-state index contributed by atoms with van der Waals surface area (Å²) in [6.07, 6.45) is 8.19. The fourth-order valence-corrected chi connectivity index (χ4v) is 4.45. The molecule has 2 rings (SSSR count). The molecule has 1 aliphatic rings. The molecule has 1 aromatic heterocycles. The Morgan fingerprint density at radius 3 is 2.63 bits per heavy atom. The van der Waals surface area contributed by atoms with E-state index in [0.29, 0.717) is 11.6 Å². The summed E-state index contributed by atoms with van der Waals surface area (Å²) < 4.78 is 27.6. The predicted octanol–water partition coefficient (Wildman–Crippen LogP) is 2.36. The maximum Gasteiger partial charge on any atom is 0.244 e. The van der Waals surface area contributed by atoms with Crippen LogP contribution in [0.4, 0.5) is 0 Å². The Kier molecular flexibility index (Phi) is 4.62. The SMILES string of the molecule is CCC(NS(=O)(=O)c1cn[nH]c1C)C1CCCCC1. The minimum atomic E-state index is -3.45. The van der Waals surface area contributed by atoms with E-state index in [1.54, 1.807) is 6.92 Å². The largest absolute Gasteiger partial charge is 0.281 e. The molecule has 6 heteroatoms. The second kappa shape index (κ2) is 6.05. The van der Waals surface area contributed by atoms with Crippen molar-refractivity contribution in [2.75, 3.05) is 0 Å². The van der Waals surface area contributed by atoms with Gasteiger partial charge in [-0.15, -0.1) is 0 Å². The van der Waals surface area contributed by atoms with Crippen molar-refractivity contribution in [2.45, 2.75) is 63.3 Å². The Labute approximate surface area is 115 Å². The van der Waals surface area contributed by atoms with E-state index in [1.807, 2.05) is 6.92 Å². The van der Waals surface area contributed by atoms with Crippen molar-refractivity contribution in [3.8, 4) is 0 Å². The van der Waals surface area contributed by atoms with E-state index >= 15 is 0 Å². The van der Waals surface area contributed by atoms with Crippen LogP contribution in [0.2, 0.25) is 0 Å². The number of nitrogens with one attached hydrogen (secondary N) is 2. The Morgan fingerprint density at radius 1 is 1.42 bits per heavy atom. The second-order valence-electron chi connectivity index (χ2n) is 5.39. The van der Waals surface area contributed by atoms with E-state index < -0.39 is 10.0 Å². The van der Waals surface area contributed by atoms with Crippen molar-refractivity contribution in [1.29, 1.82) is 0 Å². The third-order valence-electron chi connectivity index (χ3n) is 4.04. The Morgan fingerprint density at radius 2 is 2.11 bits per heavy atom. The highest BCUT2D eigenvalue weighted by Gasteiger charge is 2.28. The van der Waals surface area contributed by atoms with Crippen LogP contribution < -0.4 is 4.72 Å². The number of hydrogen-bond acceptors (Lipinski definition) is 3. The van der Waals surface area contributed by atoms with Gasteiger partial charge in [0.1, 0.15) is 4.90 Å². The quantitative estimate of drug-likeness (QED) is 0.872. The molecule has 19 heavy (non-hydrogen) atoms. The topological polar surface area (TPSA) is 74.8 Å². The predicted molar refractivity (Wildman–Crippen MR) is 74.3 cm³/mol. The van der Waals surface area contributed by atoms with Crippen LogP contribution in [0.25, 0.3) is 0 Å². The average molecular weight is 285 g/mol. The van der Waals surface area contributed by atoms with Crippen LogP contribution in [-0.2, 0) is 10.0 Å². The number of aromatic nitrogens is 2. The first-order valence-corrected chi connectivity index (χ1v) is 8.55. The van der Waals surface area contributed by atoms with Gasteiger partial charge in [-0.25, -0.2) is 13.1 Å². The number of aryl methyl sites for hydroxylation is 1. The van der Waals surface area contributed by atoms with Gasteiger partial charge < -0.3 is 0 Å². The molecule has 0 radical (unpaired) electrons. The molecule has 1 aliphatic carbocycles. The summed E-state index contributed by atoms with van der Waals surface area (Å²) in [6, 6.07) is 0.0413. The Bertz CT molecular complexity index is 504. The standard InChI is InChI=1S/C13H23N3O2S/c1-3-12(11-7-5-4-6-8-11)16-19(17,18)13-9-14-15-10(13)2/h9,11-12,16H,3-8H2,1-2H3,(H,14,15).